The van der Waals surface area contributed by atoms with Gasteiger partial charge in [-0.15, -0.1) is 0 Å². The van der Waals surface area contributed by atoms with E-state index in [0.29, 0.717) is 41.7 Å². The van der Waals surface area contributed by atoms with Gasteiger partial charge in [0, 0.05) is 24.9 Å². The standard InChI is InChI=1S/C24H19F2N3O3/c25-18-5-3-17(4-6-18)24-28-23(32-29-24)14-13-22(30)27-15-16-1-9-20(10-2-16)31-21-11-7-19(26)8-12-21/h1-12H,13-15H2,(H,27,30). The highest BCUT2D eigenvalue weighted by Crippen LogP contribution is 2.22. The lowest BCUT2D eigenvalue weighted by molar-refractivity contribution is -0.121. The first-order chi connectivity index (χ1) is 15.5. The first-order valence-corrected chi connectivity index (χ1v) is 9.93. The smallest absolute Gasteiger partial charge is 0.227 e. The Labute approximate surface area is 182 Å². The molecule has 0 fully saturated rings. The molecule has 6 nitrogen and oxygen atoms in total. The van der Waals surface area contributed by atoms with Gasteiger partial charge in [0.1, 0.15) is 23.1 Å². The number of carbonyl (C=O) groups excluding carboxylic acids is 1. The van der Waals surface area contributed by atoms with E-state index in [9.17, 15) is 13.6 Å². The highest BCUT2D eigenvalue weighted by Gasteiger charge is 2.11. The maximum atomic E-state index is 13.0. The summed E-state index contributed by atoms with van der Waals surface area (Å²) in [7, 11) is 0. The lowest BCUT2D eigenvalue weighted by atomic mass is 10.2. The molecule has 0 saturated heterocycles. The zero-order valence-corrected chi connectivity index (χ0v) is 16.9. The maximum absolute atomic E-state index is 13.0. The van der Waals surface area contributed by atoms with Crippen molar-refractivity contribution >= 4 is 5.91 Å². The fraction of sp³-hybridized carbons (Fsp3) is 0.125. The average Bonchev–Trinajstić information content (AvgIpc) is 3.28. The largest absolute Gasteiger partial charge is 0.457 e. The van der Waals surface area contributed by atoms with Crippen LogP contribution in [-0.4, -0.2) is 16.0 Å². The van der Waals surface area contributed by atoms with Crippen molar-refractivity contribution in [3.63, 3.8) is 0 Å². The zero-order chi connectivity index (χ0) is 22.3. The van der Waals surface area contributed by atoms with Crippen molar-refractivity contribution in [2.45, 2.75) is 19.4 Å². The molecule has 0 unspecified atom stereocenters. The molecular weight excluding hydrogens is 416 g/mol. The topological polar surface area (TPSA) is 77.2 Å². The number of nitrogens with one attached hydrogen (secondary N) is 1. The Morgan fingerprint density at radius 2 is 1.47 bits per heavy atom. The van der Waals surface area contributed by atoms with Crippen molar-refractivity contribution < 1.29 is 22.8 Å². The van der Waals surface area contributed by atoms with Crippen molar-refractivity contribution in [3.8, 4) is 22.9 Å². The summed E-state index contributed by atoms with van der Waals surface area (Å²) >= 11 is 0. The van der Waals surface area contributed by atoms with E-state index in [1.165, 1.54) is 24.3 Å². The molecule has 0 aliphatic rings. The van der Waals surface area contributed by atoms with Crippen LogP contribution in [0.5, 0.6) is 11.5 Å². The molecule has 0 saturated carbocycles. The van der Waals surface area contributed by atoms with Gasteiger partial charge in [0.25, 0.3) is 0 Å². The lowest BCUT2D eigenvalue weighted by Crippen LogP contribution is -2.23. The predicted molar refractivity (Wildman–Crippen MR) is 113 cm³/mol. The van der Waals surface area contributed by atoms with Crippen molar-refractivity contribution in [2.24, 2.45) is 0 Å². The summed E-state index contributed by atoms with van der Waals surface area (Å²) in [6, 6.07) is 18.8. The van der Waals surface area contributed by atoms with E-state index in [4.69, 9.17) is 9.26 Å². The number of aryl methyl sites for hydroxylation is 1. The van der Waals surface area contributed by atoms with Crippen LogP contribution in [0.15, 0.2) is 77.3 Å². The van der Waals surface area contributed by atoms with Gasteiger partial charge < -0.3 is 14.6 Å². The molecule has 0 radical (unpaired) electrons. The van der Waals surface area contributed by atoms with Crippen molar-refractivity contribution in [2.75, 3.05) is 0 Å². The minimum absolute atomic E-state index is 0.154. The Bertz CT molecular complexity index is 1170. The Morgan fingerprint density at radius 3 is 2.12 bits per heavy atom. The number of carbonyl (C=O) groups is 1. The summed E-state index contributed by atoms with van der Waals surface area (Å²) in [6.45, 7) is 0.361. The first kappa shape index (κ1) is 21.2. The Kier molecular flexibility index (Phi) is 6.50. The minimum Gasteiger partial charge on any atom is -0.457 e. The molecule has 3 aromatic carbocycles. The molecule has 162 valence electrons. The van der Waals surface area contributed by atoms with Crippen LogP contribution in [0.1, 0.15) is 17.9 Å². The molecule has 1 amide bonds. The second kappa shape index (κ2) is 9.82. The monoisotopic (exact) mass is 435 g/mol. The number of nitrogens with zero attached hydrogens (tertiary/aromatic N) is 2. The van der Waals surface area contributed by atoms with Crippen LogP contribution in [0.25, 0.3) is 11.4 Å². The van der Waals surface area contributed by atoms with Gasteiger partial charge in [-0.1, -0.05) is 17.3 Å². The van der Waals surface area contributed by atoms with Crippen LogP contribution >= 0.6 is 0 Å². The highest BCUT2D eigenvalue weighted by molar-refractivity contribution is 5.76. The summed E-state index contributed by atoms with van der Waals surface area (Å²) < 4.78 is 36.8. The van der Waals surface area contributed by atoms with E-state index in [2.05, 4.69) is 15.5 Å². The van der Waals surface area contributed by atoms with Crippen LogP contribution in [0.3, 0.4) is 0 Å². The van der Waals surface area contributed by atoms with Crippen LogP contribution in [0.4, 0.5) is 8.78 Å². The van der Waals surface area contributed by atoms with E-state index in [1.54, 1.807) is 36.4 Å². The summed E-state index contributed by atoms with van der Waals surface area (Å²) in [5.41, 5.74) is 1.54. The number of hydrogen-bond acceptors (Lipinski definition) is 5. The van der Waals surface area contributed by atoms with Crippen LogP contribution in [0.2, 0.25) is 0 Å². The summed E-state index contributed by atoms with van der Waals surface area (Å²) in [4.78, 5) is 16.4. The van der Waals surface area contributed by atoms with E-state index in [0.717, 1.165) is 5.56 Å². The predicted octanol–water partition coefficient (Wildman–Crippen LogP) is 5.06. The van der Waals surface area contributed by atoms with Gasteiger partial charge in [-0.3, -0.25) is 4.79 Å². The second-order valence-corrected chi connectivity index (χ2v) is 7.00. The van der Waals surface area contributed by atoms with Gasteiger partial charge in [0.05, 0.1) is 0 Å². The summed E-state index contributed by atoms with van der Waals surface area (Å²) in [6.07, 6.45) is 0.487. The Morgan fingerprint density at radius 1 is 0.875 bits per heavy atom. The molecule has 1 N–H and O–H groups in total. The molecule has 0 aliphatic heterocycles. The molecule has 4 aromatic rings. The molecule has 0 bridgehead atoms. The normalized spacial score (nSPS) is 10.7. The van der Waals surface area contributed by atoms with Gasteiger partial charge in [-0.05, 0) is 66.2 Å². The van der Waals surface area contributed by atoms with Crippen molar-refractivity contribution in [1.29, 1.82) is 0 Å². The molecular formula is C24H19F2N3O3. The summed E-state index contributed by atoms with van der Waals surface area (Å²) in [5.74, 6) is 1.01. The minimum atomic E-state index is -0.343. The molecule has 0 atom stereocenters. The van der Waals surface area contributed by atoms with Gasteiger partial charge in [-0.2, -0.15) is 4.98 Å². The van der Waals surface area contributed by atoms with E-state index in [1.807, 2.05) is 12.1 Å². The van der Waals surface area contributed by atoms with Crippen molar-refractivity contribution in [3.05, 3.63) is 95.9 Å². The molecule has 8 heteroatoms. The number of benzene rings is 3. The van der Waals surface area contributed by atoms with Gasteiger partial charge in [0.2, 0.25) is 17.6 Å². The van der Waals surface area contributed by atoms with Gasteiger partial charge in [-0.25, -0.2) is 8.78 Å². The quantitative estimate of drug-likeness (QED) is 0.419. The third kappa shape index (κ3) is 5.75. The third-order valence-electron chi connectivity index (χ3n) is 4.60. The SMILES string of the molecule is O=C(CCc1nc(-c2ccc(F)cc2)no1)NCc1ccc(Oc2ccc(F)cc2)cc1. The highest BCUT2D eigenvalue weighted by atomic mass is 19.1. The number of hydrogen-bond donors (Lipinski definition) is 1. The number of rotatable bonds is 8. The lowest BCUT2D eigenvalue weighted by Gasteiger charge is -2.08. The number of aromatic nitrogens is 2. The zero-order valence-electron chi connectivity index (χ0n) is 16.9. The van der Waals surface area contributed by atoms with Gasteiger partial charge in [0.15, 0.2) is 0 Å². The Balaban J connectivity index is 1.23. The van der Waals surface area contributed by atoms with E-state index >= 15 is 0 Å². The molecule has 0 aliphatic carbocycles. The van der Waals surface area contributed by atoms with Crippen molar-refractivity contribution in [1.82, 2.24) is 15.5 Å². The first-order valence-electron chi connectivity index (χ1n) is 9.93. The maximum Gasteiger partial charge on any atom is 0.227 e. The molecule has 0 spiro atoms. The number of ether oxygens (including phenoxy) is 1. The van der Waals surface area contributed by atoms with Crippen LogP contribution in [-0.2, 0) is 17.8 Å². The molecule has 1 heterocycles. The third-order valence-corrected chi connectivity index (χ3v) is 4.60. The fourth-order valence-electron chi connectivity index (χ4n) is 2.90. The average molecular weight is 435 g/mol. The van der Waals surface area contributed by atoms with E-state index in [-0.39, 0.29) is 24.0 Å². The molecule has 32 heavy (non-hydrogen) atoms. The fourth-order valence-corrected chi connectivity index (χ4v) is 2.90. The Hall–Kier alpha value is -4.07. The van der Waals surface area contributed by atoms with E-state index < -0.39 is 0 Å². The number of halogens is 2. The molecule has 4 rings (SSSR count). The second-order valence-electron chi connectivity index (χ2n) is 7.00. The summed E-state index contributed by atoms with van der Waals surface area (Å²) in [5, 5.41) is 6.70. The van der Waals surface area contributed by atoms with Crippen LogP contribution in [0, 0.1) is 11.6 Å². The van der Waals surface area contributed by atoms with Crippen LogP contribution < -0.4 is 10.1 Å². The molecule has 1 aromatic heterocycles. The number of amides is 1. The van der Waals surface area contributed by atoms with Gasteiger partial charge >= 0.3 is 0 Å².